The Balaban J connectivity index is 2.14. The number of nitrogens with zero attached hydrogens (tertiary/aromatic N) is 5. The van der Waals surface area contributed by atoms with Crippen LogP contribution in [0.1, 0.15) is 10.4 Å². The zero-order valence-electron chi connectivity index (χ0n) is 8.25. The maximum Gasteiger partial charge on any atom is 0.270 e. The van der Waals surface area contributed by atoms with Crippen LogP contribution in [0.25, 0.3) is 0 Å². The molecule has 0 fully saturated rings. The number of rotatable bonds is 2. The number of aryl methyl sites for hydroxylation is 1. The Morgan fingerprint density at radius 3 is 3.00 bits per heavy atom. The molecule has 2 rings (SSSR count). The Kier molecular flexibility index (Phi) is 2.78. The van der Waals surface area contributed by atoms with Crippen molar-refractivity contribution in [3.63, 3.8) is 0 Å². The standard InChI is InChI=1S/C8H7ClN6O/c1-15-13-8(12-14-15)11-7(16)5-2-3-10-6(9)4-5/h2-4H,1H3,(H,11,13,16). The van der Waals surface area contributed by atoms with E-state index in [0.29, 0.717) is 5.56 Å². The van der Waals surface area contributed by atoms with Crippen LogP contribution in [0.3, 0.4) is 0 Å². The van der Waals surface area contributed by atoms with Crippen LogP contribution in [-0.4, -0.2) is 31.1 Å². The molecule has 2 aromatic heterocycles. The van der Waals surface area contributed by atoms with Gasteiger partial charge in [0, 0.05) is 11.8 Å². The van der Waals surface area contributed by atoms with Gasteiger partial charge in [-0.05, 0) is 17.3 Å². The minimum Gasteiger partial charge on any atom is -0.288 e. The van der Waals surface area contributed by atoms with Crippen LogP contribution in [0, 0.1) is 0 Å². The van der Waals surface area contributed by atoms with Gasteiger partial charge in [0.05, 0.1) is 7.05 Å². The fourth-order valence-corrected chi connectivity index (χ4v) is 1.23. The Morgan fingerprint density at radius 1 is 1.56 bits per heavy atom. The first-order valence-corrected chi connectivity index (χ1v) is 4.70. The van der Waals surface area contributed by atoms with Crippen molar-refractivity contribution in [1.82, 2.24) is 25.2 Å². The highest BCUT2D eigenvalue weighted by Gasteiger charge is 2.09. The summed E-state index contributed by atoms with van der Waals surface area (Å²) in [5.74, 6) is -0.224. The van der Waals surface area contributed by atoms with Gasteiger partial charge in [-0.25, -0.2) is 4.98 Å². The van der Waals surface area contributed by atoms with Crippen molar-refractivity contribution in [3.05, 3.63) is 29.0 Å². The van der Waals surface area contributed by atoms with Crippen molar-refractivity contribution in [2.75, 3.05) is 5.32 Å². The second-order valence-electron chi connectivity index (χ2n) is 2.92. The first-order valence-electron chi connectivity index (χ1n) is 4.32. The van der Waals surface area contributed by atoms with Gasteiger partial charge in [0.25, 0.3) is 11.9 Å². The Morgan fingerprint density at radius 2 is 2.38 bits per heavy atom. The SMILES string of the molecule is Cn1nnc(NC(=O)c2ccnc(Cl)c2)n1. The number of carbonyl (C=O) groups excluding carboxylic acids is 1. The van der Waals surface area contributed by atoms with Crippen LogP contribution >= 0.6 is 11.6 Å². The molecule has 1 amide bonds. The van der Waals surface area contributed by atoms with Crippen LogP contribution in [0.2, 0.25) is 5.15 Å². The van der Waals surface area contributed by atoms with E-state index in [2.05, 4.69) is 25.7 Å². The summed E-state index contributed by atoms with van der Waals surface area (Å²) in [4.78, 5) is 16.7. The lowest BCUT2D eigenvalue weighted by Gasteiger charge is -1.99. The van der Waals surface area contributed by atoms with E-state index < -0.39 is 0 Å². The number of pyridine rings is 1. The average molecular weight is 239 g/mol. The zero-order valence-corrected chi connectivity index (χ0v) is 9.01. The third kappa shape index (κ3) is 2.31. The lowest BCUT2D eigenvalue weighted by atomic mass is 10.2. The molecule has 0 saturated heterocycles. The van der Waals surface area contributed by atoms with Gasteiger partial charge in [0.1, 0.15) is 5.15 Å². The number of hydrogen-bond acceptors (Lipinski definition) is 5. The van der Waals surface area contributed by atoms with Crippen molar-refractivity contribution in [1.29, 1.82) is 0 Å². The smallest absolute Gasteiger partial charge is 0.270 e. The number of carbonyl (C=O) groups is 1. The molecule has 0 aromatic carbocycles. The maximum absolute atomic E-state index is 11.7. The predicted octanol–water partition coefficient (Wildman–Crippen LogP) is 0.511. The molecule has 0 atom stereocenters. The van der Waals surface area contributed by atoms with Crippen LogP contribution in [0.5, 0.6) is 0 Å². The number of aromatic nitrogens is 5. The third-order valence-corrected chi connectivity index (χ3v) is 1.93. The summed E-state index contributed by atoms with van der Waals surface area (Å²) < 4.78 is 0. The summed E-state index contributed by atoms with van der Waals surface area (Å²) >= 11 is 5.66. The molecule has 0 bridgehead atoms. The van der Waals surface area contributed by atoms with Gasteiger partial charge >= 0.3 is 0 Å². The summed E-state index contributed by atoms with van der Waals surface area (Å²) in [7, 11) is 1.60. The highest BCUT2D eigenvalue weighted by molar-refractivity contribution is 6.29. The van der Waals surface area contributed by atoms with Gasteiger partial charge < -0.3 is 0 Å². The van der Waals surface area contributed by atoms with Crippen molar-refractivity contribution < 1.29 is 4.79 Å². The quantitative estimate of drug-likeness (QED) is 0.771. The molecule has 0 aliphatic rings. The summed E-state index contributed by atoms with van der Waals surface area (Å²) in [6.07, 6.45) is 1.45. The van der Waals surface area contributed by atoms with Gasteiger partial charge in [0.15, 0.2) is 0 Å². The summed E-state index contributed by atoms with van der Waals surface area (Å²) in [5, 5.41) is 13.7. The molecule has 7 nitrogen and oxygen atoms in total. The van der Waals surface area contributed by atoms with Gasteiger partial charge in [-0.1, -0.05) is 16.7 Å². The van der Waals surface area contributed by atoms with E-state index in [1.54, 1.807) is 7.05 Å². The fourth-order valence-electron chi connectivity index (χ4n) is 1.05. The molecule has 0 spiro atoms. The molecule has 0 radical (unpaired) electrons. The molecule has 1 N–H and O–H groups in total. The molecular formula is C8H7ClN6O. The number of halogens is 1. The van der Waals surface area contributed by atoms with E-state index in [1.165, 1.54) is 23.1 Å². The van der Waals surface area contributed by atoms with Gasteiger partial charge in [-0.3, -0.25) is 10.1 Å². The molecule has 0 saturated carbocycles. The zero-order chi connectivity index (χ0) is 11.5. The number of nitrogens with one attached hydrogen (secondary N) is 1. The van der Waals surface area contributed by atoms with Gasteiger partial charge in [0.2, 0.25) is 0 Å². The third-order valence-electron chi connectivity index (χ3n) is 1.72. The first kappa shape index (κ1) is 10.5. The highest BCUT2D eigenvalue weighted by atomic mass is 35.5. The molecule has 0 aliphatic carbocycles. The Bertz CT molecular complexity index is 525. The topological polar surface area (TPSA) is 85.6 Å². The Hall–Kier alpha value is -2.02. The van der Waals surface area contributed by atoms with Crippen molar-refractivity contribution >= 4 is 23.5 Å². The van der Waals surface area contributed by atoms with E-state index in [-0.39, 0.29) is 17.0 Å². The minimum atomic E-state index is -0.364. The van der Waals surface area contributed by atoms with Crippen LogP contribution in [0.15, 0.2) is 18.3 Å². The molecule has 0 unspecified atom stereocenters. The second kappa shape index (κ2) is 4.23. The van der Waals surface area contributed by atoms with Gasteiger partial charge in [-0.15, -0.1) is 5.10 Å². The molecule has 0 aliphatic heterocycles. The number of tetrazole rings is 1. The van der Waals surface area contributed by atoms with Gasteiger partial charge in [-0.2, -0.15) is 4.80 Å². The normalized spacial score (nSPS) is 10.1. The van der Waals surface area contributed by atoms with Crippen molar-refractivity contribution in [2.24, 2.45) is 7.05 Å². The van der Waals surface area contributed by atoms with E-state index in [0.717, 1.165) is 0 Å². The first-order chi connectivity index (χ1) is 7.65. The average Bonchev–Trinajstić information content (AvgIpc) is 2.64. The molecule has 2 aromatic rings. The van der Waals surface area contributed by atoms with Crippen molar-refractivity contribution in [3.8, 4) is 0 Å². The molecule has 82 valence electrons. The van der Waals surface area contributed by atoms with E-state index >= 15 is 0 Å². The van der Waals surface area contributed by atoms with Crippen molar-refractivity contribution in [2.45, 2.75) is 0 Å². The lowest BCUT2D eigenvalue weighted by Crippen LogP contribution is -2.13. The summed E-state index contributed by atoms with van der Waals surface area (Å²) in [6, 6.07) is 2.99. The minimum absolute atomic E-state index is 0.139. The number of hydrogen-bond donors (Lipinski definition) is 1. The van der Waals surface area contributed by atoms with Crippen LogP contribution < -0.4 is 5.32 Å². The van der Waals surface area contributed by atoms with E-state index in [4.69, 9.17) is 11.6 Å². The maximum atomic E-state index is 11.7. The largest absolute Gasteiger partial charge is 0.288 e. The van der Waals surface area contributed by atoms with Crippen LogP contribution in [0.4, 0.5) is 5.95 Å². The second-order valence-corrected chi connectivity index (χ2v) is 3.31. The Labute approximate surface area is 95.4 Å². The monoisotopic (exact) mass is 238 g/mol. The number of anilines is 1. The fraction of sp³-hybridized carbons (Fsp3) is 0.125. The van der Waals surface area contributed by atoms with E-state index in [1.807, 2.05) is 0 Å². The molecular weight excluding hydrogens is 232 g/mol. The highest BCUT2D eigenvalue weighted by Crippen LogP contribution is 2.08. The molecule has 8 heteroatoms. The summed E-state index contributed by atoms with van der Waals surface area (Å²) in [5.41, 5.74) is 0.382. The summed E-state index contributed by atoms with van der Waals surface area (Å²) in [6.45, 7) is 0. The number of amides is 1. The van der Waals surface area contributed by atoms with Crippen LogP contribution in [-0.2, 0) is 7.05 Å². The molecule has 16 heavy (non-hydrogen) atoms. The molecule has 2 heterocycles. The van der Waals surface area contributed by atoms with E-state index in [9.17, 15) is 4.79 Å². The predicted molar refractivity (Wildman–Crippen MR) is 56.0 cm³/mol. The lowest BCUT2D eigenvalue weighted by molar-refractivity contribution is 0.102.